The van der Waals surface area contributed by atoms with Gasteiger partial charge in [0.2, 0.25) is 0 Å². The van der Waals surface area contributed by atoms with Crippen molar-refractivity contribution in [2.45, 2.75) is 67.2 Å². The van der Waals surface area contributed by atoms with E-state index < -0.39 is 0 Å². The molecule has 0 bridgehead atoms. The van der Waals surface area contributed by atoms with E-state index in [0.29, 0.717) is 0 Å². The van der Waals surface area contributed by atoms with Crippen LogP contribution in [0.3, 0.4) is 0 Å². The zero-order valence-electron chi connectivity index (χ0n) is 22.5. The van der Waals surface area contributed by atoms with Gasteiger partial charge in [-0.2, -0.15) is 0 Å². The molecule has 0 spiro atoms. The van der Waals surface area contributed by atoms with Crippen molar-refractivity contribution in [3.8, 4) is 0 Å². The summed E-state index contributed by atoms with van der Waals surface area (Å²) in [7, 11) is 0. The van der Waals surface area contributed by atoms with Crippen molar-refractivity contribution < 1.29 is 0 Å². The second-order valence-electron chi connectivity index (χ2n) is 10.5. The van der Waals surface area contributed by atoms with Crippen molar-refractivity contribution in [1.82, 2.24) is 0 Å². The highest BCUT2D eigenvalue weighted by Gasteiger charge is 2.30. The monoisotopic (exact) mass is 462 g/mol. The van der Waals surface area contributed by atoms with E-state index in [-0.39, 0.29) is 5.41 Å². The SMILES string of the molecule is CC[C@]1(C)/C=C/C(c2c(C)cccc2C)=N/C(c2cc(C)cc(C)c2)=C(\N)c2cc(C)cc(C)c21. The minimum absolute atomic E-state index is 0.174. The van der Waals surface area contributed by atoms with Gasteiger partial charge in [0.05, 0.1) is 17.1 Å². The molecule has 3 aromatic carbocycles. The van der Waals surface area contributed by atoms with Crippen molar-refractivity contribution in [3.05, 3.63) is 116 Å². The van der Waals surface area contributed by atoms with Crippen molar-refractivity contribution in [3.63, 3.8) is 0 Å². The van der Waals surface area contributed by atoms with Crippen LogP contribution in [0.5, 0.6) is 0 Å². The van der Waals surface area contributed by atoms with E-state index in [9.17, 15) is 0 Å². The molecule has 0 unspecified atom stereocenters. The van der Waals surface area contributed by atoms with E-state index in [0.717, 1.165) is 34.7 Å². The Balaban J connectivity index is 2.18. The topological polar surface area (TPSA) is 38.4 Å². The van der Waals surface area contributed by atoms with Crippen LogP contribution in [-0.2, 0) is 5.41 Å². The first-order valence-electron chi connectivity index (χ1n) is 12.6. The van der Waals surface area contributed by atoms with E-state index in [1.807, 2.05) is 0 Å². The molecule has 0 saturated carbocycles. The largest absolute Gasteiger partial charge is 0.396 e. The average molecular weight is 463 g/mol. The molecule has 0 radical (unpaired) electrons. The minimum atomic E-state index is -0.174. The molecule has 35 heavy (non-hydrogen) atoms. The fourth-order valence-electron chi connectivity index (χ4n) is 5.61. The van der Waals surface area contributed by atoms with Gasteiger partial charge in [-0.05, 0) is 94.5 Å². The van der Waals surface area contributed by atoms with Gasteiger partial charge >= 0.3 is 0 Å². The zero-order chi connectivity index (χ0) is 25.5. The van der Waals surface area contributed by atoms with Crippen LogP contribution in [0, 0.1) is 41.5 Å². The van der Waals surface area contributed by atoms with Crippen LogP contribution >= 0.6 is 0 Å². The quantitative estimate of drug-likeness (QED) is 0.420. The molecule has 2 heteroatoms. The first-order chi connectivity index (χ1) is 16.5. The summed E-state index contributed by atoms with van der Waals surface area (Å²) in [4.78, 5) is 5.36. The Morgan fingerprint density at radius 1 is 0.800 bits per heavy atom. The zero-order valence-corrected chi connectivity index (χ0v) is 22.5. The maximum absolute atomic E-state index is 7.14. The highest BCUT2D eigenvalue weighted by atomic mass is 14.8. The second kappa shape index (κ2) is 9.34. The van der Waals surface area contributed by atoms with Gasteiger partial charge in [0.15, 0.2) is 0 Å². The number of aliphatic imine (C=N–C) groups is 1. The average Bonchev–Trinajstić information content (AvgIpc) is 2.82. The first kappa shape index (κ1) is 24.7. The molecule has 0 fully saturated rings. The molecule has 180 valence electrons. The summed E-state index contributed by atoms with van der Waals surface area (Å²) in [6, 6.07) is 17.5. The number of allylic oxidation sites excluding steroid dienone is 2. The Morgan fingerprint density at radius 3 is 2.00 bits per heavy atom. The van der Waals surface area contributed by atoms with Gasteiger partial charge < -0.3 is 5.73 Å². The first-order valence-corrected chi connectivity index (χ1v) is 12.6. The van der Waals surface area contributed by atoms with Crippen LogP contribution in [0.4, 0.5) is 0 Å². The maximum atomic E-state index is 7.14. The van der Waals surface area contributed by atoms with Crippen molar-refractivity contribution in [2.75, 3.05) is 0 Å². The lowest BCUT2D eigenvalue weighted by atomic mass is 9.74. The summed E-state index contributed by atoms with van der Waals surface area (Å²) < 4.78 is 0. The van der Waals surface area contributed by atoms with Gasteiger partial charge in [0, 0.05) is 22.1 Å². The third kappa shape index (κ3) is 4.62. The van der Waals surface area contributed by atoms with Crippen molar-refractivity contribution in [1.29, 1.82) is 0 Å². The number of nitrogens with zero attached hydrogens (tertiary/aromatic N) is 1. The van der Waals surface area contributed by atoms with Crippen LogP contribution in [0.2, 0.25) is 0 Å². The fraction of sp³-hybridized carbons (Fsp3) is 0.303. The summed E-state index contributed by atoms with van der Waals surface area (Å²) in [5.74, 6) is 0. The Hall–Kier alpha value is -3.39. The molecule has 1 atom stereocenters. The molecule has 0 aliphatic carbocycles. The molecular weight excluding hydrogens is 424 g/mol. The van der Waals surface area contributed by atoms with Crippen molar-refractivity contribution in [2.24, 2.45) is 10.7 Å². The molecule has 1 aliphatic heterocycles. The molecule has 1 aliphatic rings. The predicted octanol–water partition coefficient (Wildman–Crippen LogP) is 8.05. The molecule has 1 heterocycles. The third-order valence-electron chi connectivity index (χ3n) is 7.40. The van der Waals surface area contributed by atoms with Crippen LogP contribution < -0.4 is 5.73 Å². The van der Waals surface area contributed by atoms with Crippen LogP contribution in [0.1, 0.15) is 75.9 Å². The summed E-state index contributed by atoms with van der Waals surface area (Å²) >= 11 is 0. The van der Waals surface area contributed by atoms with Gasteiger partial charge in [0.25, 0.3) is 0 Å². The summed E-state index contributed by atoms with van der Waals surface area (Å²) in [5, 5.41) is 0. The number of hydrogen-bond donors (Lipinski definition) is 1. The van der Waals surface area contributed by atoms with E-state index in [4.69, 9.17) is 10.7 Å². The highest BCUT2D eigenvalue weighted by Crippen LogP contribution is 2.40. The normalized spacial score (nSPS) is 22.5. The number of fused-ring (bicyclic) bond motifs is 1. The second-order valence-corrected chi connectivity index (χ2v) is 10.5. The molecule has 3 aromatic rings. The Labute approximate surface area is 211 Å². The number of nitrogens with two attached hydrogens (primary N) is 1. The Bertz CT molecular complexity index is 1360. The Morgan fingerprint density at radius 2 is 1.40 bits per heavy atom. The summed E-state index contributed by atoms with van der Waals surface area (Å²) in [5.41, 5.74) is 21.4. The van der Waals surface area contributed by atoms with E-state index >= 15 is 0 Å². The van der Waals surface area contributed by atoms with Crippen LogP contribution in [0.15, 0.2) is 65.7 Å². The van der Waals surface area contributed by atoms with Crippen molar-refractivity contribution >= 4 is 17.1 Å². The molecule has 4 rings (SSSR count). The van der Waals surface area contributed by atoms with Gasteiger partial charge in [-0.3, -0.25) is 0 Å². The Kier molecular flexibility index (Phi) is 6.60. The number of aryl methyl sites for hydroxylation is 6. The number of benzene rings is 3. The van der Waals surface area contributed by atoms with Gasteiger partial charge in [-0.15, -0.1) is 0 Å². The van der Waals surface area contributed by atoms with Gasteiger partial charge in [-0.1, -0.05) is 66.9 Å². The number of rotatable bonds is 3. The summed E-state index contributed by atoms with van der Waals surface area (Å²) in [6.07, 6.45) is 5.53. The fourth-order valence-corrected chi connectivity index (χ4v) is 5.61. The lowest BCUT2D eigenvalue weighted by Gasteiger charge is -2.30. The highest BCUT2D eigenvalue weighted by molar-refractivity contribution is 6.14. The van der Waals surface area contributed by atoms with E-state index in [2.05, 4.69) is 116 Å². The summed E-state index contributed by atoms with van der Waals surface area (Å²) in [6.45, 7) is 17.5. The molecule has 2 N–H and O–H groups in total. The van der Waals surface area contributed by atoms with E-state index in [1.54, 1.807) is 0 Å². The van der Waals surface area contributed by atoms with Gasteiger partial charge in [-0.25, -0.2) is 4.99 Å². The maximum Gasteiger partial charge on any atom is 0.0945 e. The van der Waals surface area contributed by atoms with Crippen LogP contribution in [-0.4, -0.2) is 5.71 Å². The van der Waals surface area contributed by atoms with Gasteiger partial charge in [0.1, 0.15) is 0 Å². The lowest BCUT2D eigenvalue weighted by Crippen LogP contribution is -2.23. The molecular formula is C33H38N2. The number of hydrogen-bond acceptors (Lipinski definition) is 2. The standard InChI is InChI=1S/C33H38N2/c1-9-33(8)14-13-28(29-23(5)11-10-12-24(29)6)35-32(26-17-20(2)15-21(3)18-26)31(34)27-19-22(4)16-25(7)30(27)33/h10-19H,9,34H2,1-8H3/b14-13+,32-31-,35-28-/t33-/m1/s1. The predicted molar refractivity (Wildman–Crippen MR) is 152 cm³/mol. The molecule has 0 aromatic heterocycles. The third-order valence-corrected chi connectivity index (χ3v) is 7.40. The van der Waals surface area contributed by atoms with E-state index in [1.165, 1.54) is 44.5 Å². The smallest absolute Gasteiger partial charge is 0.0945 e. The molecule has 2 nitrogen and oxygen atoms in total. The van der Waals surface area contributed by atoms with Crippen LogP contribution in [0.25, 0.3) is 11.4 Å². The lowest BCUT2D eigenvalue weighted by molar-refractivity contribution is 0.567. The minimum Gasteiger partial charge on any atom is -0.396 e. The molecule has 0 saturated heterocycles. The molecule has 0 amide bonds.